The zero-order valence-corrected chi connectivity index (χ0v) is 25.1. The number of nitrogens with one attached hydrogen (secondary N) is 2. The first-order valence-corrected chi connectivity index (χ1v) is 14.8. The highest BCUT2D eigenvalue weighted by Crippen LogP contribution is 2.47. The summed E-state index contributed by atoms with van der Waals surface area (Å²) in [6, 6.07) is 8.37. The first kappa shape index (κ1) is 32.9. The number of hydrogen-bond donors (Lipinski definition) is 3. The molecular formula is C27H36N5O9P. The summed E-state index contributed by atoms with van der Waals surface area (Å²) in [5.74, 6) is -1.17. The van der Waals surface area contributed by atoms with Crippen LogP contribution in [0.4, 0.5) is 5.82 Å². The van der Waals surface area contributed by atoms with E-state index in [1.165, 1.54) is 38.2 Å². The molecule has 0 spiro atoms. The van der Waals surface area contributed by atoms with E-state index < -0.39 is 62.1 Å². The molecular weight excluding hydrogens is 569 g/mol. The first-order chi connectivity index (χ1) is 19.7. The number of para-hydroxylation sites is 1. The molecule has 1 aliphatic rings. The predicted octanol–water partition coefficient (Wildman–Crippen LogP) is 2.91. The van der Waals surface area contributed by atoms with Crippen molar-refractivity contribution in [2.75, 3.05) is 11.9 Å². The molecule has 14 nitrogen and oxygen atoms in total. The van der Waals surface area contributed by atoms with Crippen molar-refractivity contribution in [1.82, 2.24) is 14.6 Å². The molecule has 6 atom stereocenters. The van der Waals surface area contributed by atoms with E-state index in [-0.39, 0.29) is 23.4 Å². The monoisotopic (exact) mass is 605 g/mol. The van der Waals surface area contributed by atoms with Gasteiger partial charge in [0.1, 0.15) is 23.7 Å². The molecule has 1 fully saturated rings. The molecule has 2 aromatic rings. The minimum atomic E-state index is -4.29. The number of carbonyl (C=O) groups excluding carboxylic acids is 2. The van der Waals surface area contributed by atoms with Crippen LogP contribution in [0.1, 0.15) is 47.8 Å². The van der Waals surface area contributed by atoms with Crippen LogP contribution in [0.3, 0.4) is 0 Å². The zero-order valence-electron chi connectivity index (χ0n) is 24.2. The van der Waals surface area contributed by atoms with E-state index in [1.54, 1.807) is 45.9 Å². The maximum atomic E-state index is 13.8. The Hall–Kier alpha value is -3.60. The van der Waals surface area contributed by atoms with Crippen molar-refractivity contribution >= 4 is 25.4 Å². The highest BCUT2D eigenvalue weighted by Gasteiger charge is 2.61. The van der Waals surface area contributed by atoms with E-state index >= 15 is 0 Å². The normalized spacial score (nSPS) is 24.0. The van der Waals surface area contributed by atoms with E-state index in [0.717, 1.165) is 4.57 Å². The van der Waals surface area contributed by atoms with Crippen molar-refractivity contribution in [1.29, 1.82) is 0 Å². The number of amides is 1. The molecule has 3 N–H and O–H groups in total. The molecule has 1 unspecified atom stereocenters. The Morgan fingerprint density at radius 1 is 1.21 bits per heavy atom. The molecule has 1 aliphatic heterocycles. The molecule has 2 heterocycles. The Morgan fingerprint density at radius 3 is 2.45 bits per heavy atom. The number of benzene rings is 1. The van der Waals surface area contributed by atoms with Crippen molar-refractivity contribution in [2.45, 2.75) is 77.7 Å². The topological polar surface area (TPSA) is 172 Å². The van der Waals surface area contributed by atoms with Gasteiger partial charge in [-0.2, -0.15) is 10.1 Å². The summed E-state index contributed by atoms with van der Waals surface area (Å²) in [5, 5.41) is 16.1. The molecule has 228 valence electrons. The smallest absolute Gasteiger partial charge is 0.459 e. The van der Waals surface area contributed by atoms with Gasteiger partial charge >= 0.3 is 24.9 Å². The molecule has 1 amide bonds. The fraction of sp³-hybridized carbons (Fsp3) is 0.519. The molecule has 42 heavy (non-hydrogen) atoms. The van der Waals surface area contributed by atoms with Gasteiger partial charge in [-0.3, -0.25) is 18.7 Å². The Balaban J connectivity index is 1.83. The maximum Gasteiger partial charge on any atom is 0.459 e. The minimum Gasteiger partial charge on any atom is -0.462 e. The standard InChI is InChI=1S/C27H36N5O9P/c1-16(2)23(34)29-21-13-14-32(26(36)30-21)25-27(6,28-7)22(33)20(40-25)15-38-42(37,41-19-11-9-8-10-12-19)31-18(5)24(35)39-17(3)4/h8-14,16-18,20,22,25,33H,15H2,1-6H3,(H,31,37)(H,29,30,34,36)/t18-,20?,22+,25+,27+,42+/m0/s1. The Labute approximate surface area is 243 Å². The predicted molar refractivity (Wildman–Crippen MR) is 151 cm³/mol. The van der Waals surface area contributed by atoms with Gasteiger partial charge in [-0.05, 0) is 39.0 Å². The van der Waals surface area contributed by atoms with Crippen molar-refractivity contribution in [2.24, 2.45) is 5.92 Å². The average molecular weight is 606 g/mol. The summed E-state index contributed by atoms with van der Waals surface area (Å²) in [7, 11) is -4.29. The lowest BCUT2D eigenvalue weighted by Crippen LogP contribution is -2.44. The second kappa shape index (κ2) is 13.6. The summed E-state index contributed by atoms with van der Waals surface area (Å²) in [5.41, 5.74) is -2.50. The second-order valence-electron chi connectivity index (χ2n) is 10.5. The molecule has 1 aromatic carbocycles. The third-order valence-electron chi connectivity index (χ3n) is 6.29. The Kier molecular flexibility index (Phi) is 10.6. The number of aromatic nitrogens is 2. The number of esters is 1. The van der Waals surface area contributed by atoms with Crippen molar-refractivity contribution in [3.05, 3.63) is 64.5 Å². The number of hydrogen-bond acceptors (Lipinski definition) is 10. The van der Waals surface area contributed by atoms with Crippen LogP contribution < -0.4 is 20.6 Å². The molecule has 0 radical (unpaired) electrons. The van der Waals surface area contributed by atoms with Crippen LogP contribution in [-0.2, 0) is 28.2 Å². The van der Waals surface area contributed by atoms with Gasteiger partial charge in [0.05, 0.1) is 12.7 Å². The number of aliphatic hydroxyl groups is 1. The molecule has 1 aromatic heterocycles. The van der Waals surface area contributed by atoms with E-state index in [2.05, 4.69) is 20.2 Å². The van der Waals surface area contributed by atoms with Crippen LogP contribution in [-0.4, -0.2) is 63.0 Å². The van der Waals surface area contributed by atoms with Gasteiger partial charge in [0, 0.05) is 19.0 Å². The third-order valence-corrected chi connectivity index (χ3v) is 7.93. The third kappa shape index (κ3) is 7.81. The lowest BCUT2D eigenvalue weighted by atomic mass is 9.93. The number of ether oxygens (including phenoxy) is 2. The minimum absolute atomic E-state index is 0.0214. The van der Waals surface area contributed by atoms with Gasteiger partial charge in [0.15, 0.2) is 6.10 Å². The van der Waals surface area contributed by atoms with Crippen LogP contribution >= 0.6 is 7.75 Å². The lowest BCUT2D eigenvalue weighted by molar-refractivity contribution is -0.149. The highest BCUT2D eigenvalue weighted by atomic mass is 31.2. The maximum absolute atomic E-state index is 13.8. The first-order valence-electron chi connectivity index (χ1n) is 13.3. The van der Waals surface area contributed by atoms with Crippen molar-refractivity contribution in [3.63, 3.8) is 0 Å². The van der Waals surface area contributed by atoms with Crippen LogP contribution in [0.25, 0.3) is 4.85 Å². The largest absolute Gasteiger partial charge is 0.462 e. The SMILES string of the molecule is [C-]#[N+][C@]1(C)[C@H](O)C(CO[P@](=O)(N[C@@H](C)C(=O)OC(C)C)Oc2ccccc2)O[C@H]1n1ccc(NC(=O)C(C)C)nc1=O. The molecule has 0 aliphatic carbocycles. The van der Waals surface area contributed by atoms with Gasteiger partial charge < -0.3 is 29.3 Å². The summed E-state index contributed by atoms with van der Waals surface area (Å²) in [4.78, 5) is 44.6. The Bertz CT molecular complexity index is 1410. The Morgan fingerprint density at radius 2 is 1.88 bits per heavy atom. The summed E-state index contributed by atoms with van der Waals surface area (Å²) in [6.45, 7) is 16.7. The molecule has 15 heteroatoms. The van der Waals surface area contributed by atoms with Crippen LogP contribution in [0, 0.1) is 12.5 Å². The molecule has 3 rings (SSSR count). The zero-order chi connectivity index (χ0) is 31.2. The molecule has 0 bridgehead atoms. The summed E-state index contributed by atoms with van der Waals surface area (Å²) in [6.07, 6.45) is -3.17. The van der Waals surface area contributed by atoms with Crippen molar-refractivity contribution < 1.29 is 37.8 Å². The van der Waals surface area contributed by atoms with E-state index in [9.17, 15) is 24.1 Å². The second-order valence-corrected chi connectivity index (χ2v) is 12.2. The summed E-state index contributed by atoms with van der Waals surface area (Å²) >= 11 is 0. The van der Waals surface area contributed by atoms with Gasteiger partial charge in [-0.1, -0.05) is 32.0 Å². The molecule has 0 saturated carbocycles. The van der Waals surface area contributed by atoms with Crippen LogP contribution in [0.5, 0.6) is 5.75 Å². The van der Waals surface area contributed by atoms with Crippen LogP contribution in [0.2, 0.25) is 0 Å². The van der Waals surface area contributed by atoms with Gasteiger partial charge in [0.25, 0.3) is 0 Å². The number of carbonyl (C=O) groups is 2. The number of rotatable bonds is 12. The number of anilines is 1. The van der Waals surface area contributed by atoms with E-state index in [0.29, 0.717) is 0 Å². The van der Waals surface area contributed by atoms with Gasteiger partial charge in [-0.15, -0.1) is 0 Å². The molecule has 1 saturated heterocycles. The number of aliphatic hydroxyl groups excluding tert-OH is 1. The quantitative estimate of drug-likeness (QED) is 0.185. The van der Waals surface area contributed by atoms with Crippen LogP contribution in [0.15, 0.2) is 47.4 Å². The van der Waals surface area contributed by atoms with Gasteiger partial charge in [0.2, 0.25) is 12.1 Å². The summed E-state index contributed by atoms with van der Waals surface area (Å²) < 4.78 is 37.1. The average Bonchev–Trinajstić information content (AvgIpc) is 3.17. The highest BCUT2D eigenvalue weighted by molar-refractivity contribution is 7.52. The van der Waals surface area contributed by atoms with Gasteiger partial charge in [-0.25, -0.2) is 15.9 Å². The fourth-order valence-corrected chi connectivity index (χ4v) is 5.44. The van der Waals surface area contributed by atoms with Crippen molar-refractivity contribution in [3.8, 4) is 5.75 Å². The fourth-order valence-electron chi connectivity index (χ4n) is 3.94. The lowest BCUT2D eigenvalue weighted by Gasteiger charge is -2.25. The number of nitrogens with zero attached hydrogens (tertiary/aromatic N) is 3. The van der Waals surface area contributed by atoms with E-state index in [4.69, 9.17) is 25.1 Å². The van der Waals surface area contributed by atoms with E-state index in [1.807, 2.05) is 0 Å².